The van der Waals surface area contributed by atoms with Crippen LogP contribution in [-0.4, -0.2) is 23.0 Å². The molecule has 8 nitrogen and oxygen atoms in total. The molecule has 0 aliphatic heterocycles. The van der Waals surface area contributed by atoms with E-state index >= 15 is 0 Å². The van der Waals surface area contributed by atoms with Crippen LogP contribution in [0.15, 0.2) is 84.9 Å². The van der Waals surface area contributed by atoms with Gasteiger partial charge >= 0.3 is 6.09 Å². The lowest BCUT2D eigenvalue weighted by Crippen LogP contribution is -2.48. The molecule has 2 N–H and O–H groups in total. The number of carbonyl (C=O) groups excluding carboxylic acids is 2. The van der Waals surface area contributed by atoms with Gasteiger partial charge in [0.2, 0.25) is 5.91 Å². The number of rotatable bonds is 9. The van der Waals surface area contributed by atoms with Crippen LogP contribution in [0.4, 0.5) is 10.5 Å². The lowest BCUT2D eigenvalue weighted by Gasteiger charge is -2.18. The number of nitro benzene ring substituents is 1. The predicted octanol–water partition coefficient (Wildman–Crippen LogP) is 3.75. The first kappa shape index (κ1) is 22.5. The zero-order valence-corrected chi connectivity index (χ0v) is 17.3. The van der Waals surface area contributed by atoms with Crippen molar-refractivity contribution in [2.24, 2.45) is 0 Å². The van der Waals surface area contributed by atoms with Crippen LogP contribution < -0.4 is 10.6 Å². The Kier molecular flexibility index (Phi) is 7.91. The predicted molar refractivity (Wildman–Crippen MR) is 119 cm³/mol. The number of benzene rings is 3. The maximum atomic E-state index is 12.8. The fraction of sp³-hybridized carbons (Fsp3) is 0.167. The van der Waals surface area contributed by atoms with Gasteiger partial charge in [-0.15, -0.1) is 0 Å². The van der Waals surface area contributed by atoms with Gasteiger partial charge in [0.15, 0.2) is 0 Å². The average molecular weight is 433 g/mol. The van der Waals surface area contributed by atoms with Crippen LogP contribution >= 0.6 is 0 Å². The van der Waals surface area contributed by atoms with E-state index in [0.29, 0.717) is 12.1 Å². The molecule has 3 aromatic carbocycles. The van der Waals surface area contributed by atoms with Gasteiger partial charge in [0.05, 0.1) is 4.92 Å². The zero-order valence-electron chi connectivity index (χ0n) is 17.3. The molecule has 0 spiro atoms. The lowest BCUT2D eigenvalue weighted by molar-refractivity contribution is -0.384. The van der Waals surface area contributed by atoms with E-state index in [9.17, 15) is 19.7 Å². The van der Waals surface area contributed by atoms with Gasteiger partial charge in [-0.1, -0.05) is 72.8 Å². The van der Waals surface area contributed by atoms with Crippen LogP contribution in [0.3, 0.4) is 0 Å². The number of carbonyl (C=O) groups is 2. The first-order chi connectivity index (χ1) is 15.5. The number of nitrogens with zero attached hydrogens (tertiary/aromatic N) is 1. The average Bonchev–Trinajstić information content (AvgIpc) is 2.82. The van der Waals surface area contributed by atoms with E-state index in [1.54, 1.807) is 12.1 Å². The van der Waals surface area contributed by atoms with Crippen molar-refractivity contribution in [3.8, 4) is 0 Å². The minimum Gasteiger partial charge on any atom is -0.445 e. The highest BCUT2D eigenvalue weighted by Gasteiger charge is 2.22. The summed E-state index contributed by atoms with van der Waals surface area (Å²) in [6, 6.07) is 23.5. The summed E-state index contributed by atoms with van der Waals surface area (Å²) >= 11 is 0. The summed E-state index contributed by atoms with van der Waals surface area (Å²) in [4.78, 5) is 35.5. The monoisotopic (exact) mass is 433 g/mol. The Morgan fingerprint density at radius 1 is 0.844 bits per heavy atom. The van der Waals surface area contributed by atoms with Gasteiger partial charge in [-0.25, -0.2) is 4.79 Å². The summed E-state index contributed by atoms with van der Waals surface area (Å²) < 4.78 is 5.24. The van der Waals surface area contributed by atoms with Crippen molar-refractivity contribution in [3.05, 3.63) is 112 Å². The Bertz CT molecular complexity index is 1040. The third kappa shape index (κ3) is 6.94. The van der Waals surface area contributed by atoms with Crippen LogP contribution in [0.25, 0.3) is 0 Å². The molecule has 0 aliphatic carbocycles. The molecule has 3 rings (SSSR count). The Morgan fingerprint density at radius 2 is 1.44 bits per heavy atom. The number of ether oxygens (including phenoxy) is 1. The maximum Gasteiger partial charge on any atom is 0.408 e. The molecule has 8 heteroatoms. The Balaban J connectivity index is 1.65. The summed E-state index contributed by atoms with van der Waals surface area (Å²) in [5, 5.41) is 16.3. The molecule has 164 valence electrons. The molecule has 0 fully saturated rings. The van der Waals surface area contributed by atoms with Gasteiger partial charge in [-0.05, 0) is 16.7 Å². The van der Waals surface area contributed by atoms with Gasteiger partial charge < -0.3 is 15.4 Å². The molecular formula is C24H23N3O5. The third-order valence-electron chi connectivity index (χ3n) is 4.72. The minimum absolute atomic E-state index is 0.0472. The maximum absolute atomic E-state index is 12.8. The van der Waals surface area contributed by atoms with Crippen LogP contribution in [0.1, 0.15) is 16.7 Å². The molecule has 0 aromatic heterocycles. The first-order valence-electron chi connectivity index (χ1n) is 10.0. The Morgan fingerprint density at radius 3 is 2.03 bits per heavy atom. The third-order valence-corrected chi connectivity index (χ3v) is 4.72. The van der Waals surface area contributed by atoms with E-state index in [4.69, 9.17) is 4.74 Å². The molecule has 1 unspecified atom stereocenters. The Labute approximate surface area is 185 Å². The number of nitrogens with one attached hydrogen (secondary N) is 2. The highest BCUT2D eigenvalue weighted by Crippen LogP contribution is 2.14. The first-order valence-corrected chi connectivity index (χ1v) is 10.0. The largest absolute Gasteiger partial charge is 0.445 e. The Hall–Kier alpha value is -4.20. The van der Waals surface area contributed by atoms with E-state index in [-0.39, 0.29) is 24.6 Å². The van der Waals surface area contributed by atoms with Gasteiger partial charge in [-0.3, -0.25) is 14.9 Å². The molecule has 0 aliphatic rings. The summed E-state index contributed by atoms with van der Waals surface area (Å²) in [5.74, 6) is -0.385. The fourth-order valence-electron chi connectivity index (χ4n) is 3.01. The van der Waals surface area contributed by atoms with Crippen LogP contribution in [-0.2, 0) is 29.1 Å². The summed E-state index contributed by atoms with van der Waals surface area (Å²) in [6.07, 6.45) is -0.574. The molecule has 0 saturated carbocycles. The van der Waals surface area contributed by atoms with E-state index in [0.717, 1.165) is 11.1 Å². The molecule has 1 atom stereocenters. The van der Waals surface area contributed by atoms with E-state index < -0.39 is 17.1 Å². The van der Waals surface area contributed by atoms with Crippen molar-refractivity contribution in [3.63, 3.8) is 0 Å². The number of nitro groups is 1. The number of hydrogen-bond acceptors (Lipinski definition) is 5. The van der Waals surface area contributed by atoms with E-state index in [1.807, 2.05) is 60.7 Å². The van der Waals surface area contributed by atoms with Gasteiger partial charge in [0.1, 0.15) is 12.6 Å². The summed E-state index contributed by atoms with van der Waals surface area (Å²) in [5.41, 5.74) is 2.36. The van der Waals surface area contributed by atoms with Crippen LogP contribution in [0.5, 0.6) is 0 Å². The molecule has 32 heavy (non-hydrogen) atoms. The van der Waals surface area contributed by atoms with Crippen molar-refractivity contribution in [2.45, 2.75) is 25.6 Å². The van der Waals surface area contributed by atoms with E-state index in [2.05, 4.69) is 10.6 Å². The topological polar surface area (TPSA) is 111 Å². The van der Waals surface area contributed by atoms with Crippen molar-refractivity contribution in [2.75, 3.05) is 0 Å². The quantitative estimate of drug-likeness (QED) is 0.394. The normalized spacial score (nSPS) is 11.2. The molecule has 0 saturated heterocycles. The smallest absolute Gasteiger partial charge is 0.408 e. The number of amides is 2. The van der Waals surface area contributed by atoms with Gasteiger partial charge in [0, 0.05) is 25.1 Å². The lowest BCUT2D eigenvalue weighted by atomic mass is 10.0. The highest BCUT2D eigenvalue weighted by molar-refractivity contribution is 5.85. The van der Waals surface area contributed by atoms with Crippen molar-refractivity contribution in [1.82, 2.24) is 10.6 Å². The van der Waals surface area contributed by atoms with Crippen LogP contribution in [0, 0.1) is 10.1 Å². The highest BCUT2D eigenvalue weighted by atomic mass is 16.6. The van der Waals surface area contributed by atoms with E-state index in [1.165, 1.54) is 12.1 Å². The second-order valence-corrected chi connectivity index (χ2v) is 7.09. The zero-order chi connectivity index (χ0) is 22.8. The SMILES string of the molecule is O=C(NC(Cc1ccc([N+](=O)[O-])cc1)C(=O)NCc1ccccc1)OCc1ccccc1. The van der Waals surface area contributed by atoms with Crippen LogP contribution in [0.2, 0.25) is 0 Å². The molecule has 0 bridgehead atoms. The summed E-state index contributed by atoms with van der Waals surface area (Å²) in [6.45, 7) is 0.375. The molecule has 0 heterocycles. The number of non-ortho nitro benzene ring substituents is 1. The number of hydrogen-bond donors (Lipinski definition) is 2. The number of alkyl carbamates (subject to hydrolysis) is 1. The van der Waals surface area contributed by atoms with Crippen molar-refractivity contribution >= 4 is 17.7 Å². The van der Waals surface area contributed by atoms with Crippen molar-refractivity contribution in [1.29, 1.82) is 0 Å². The molecule has 3 aromatic rings. The second kappa shape index (κ2) is 11.3. The standard InChI is InChI=1S/C24H23N3O5/c28-23(25-16-19-7-3-1-4-8-19)22(15-18-11-13-21(14-12-18)27(30)31)26-24(29)32-17-20-9-5-2-6-10-20/h1-14,22H,15-17H2,(H,25,28)(H,26,29). The minimum atomic E-state index is -0.913. The fourth-order valence-corrected chi connectivity index (χ4v) is 3.01. The van der Waals surface area contributed by atoms with Crippen molar-refractivity contribution < 1.29 is 19.2 Å². The molecular weight excluding hydrogens is 410 g/mol. The second-order valence-electron chi connectivity index (χ2n) is 7.09. The van der Waals surface area contributed by atoms with Gasteiger partial charge in [0.25, 0.3) is 5.69 Å². The van der Waals surface area contributed by atoms with Gasteiger partial charge in [-0.2, -0.15) is 0 Å². The molecule has 2 amide bonds. The molecule has 0 radical (unpaired) electrons. The summed E-state index contributed by atoms with van der Waals surface area (Å²) in [7, 11) is 0.